The monoisotopic (exact) mass is 423 g/mol. The second-order valence-electron chi connectivity index (χ2n) is 6.15. The maximum Gasteiger partial charge on any atom is 0.263 e. The van der Waals surface area contributed by atoms with Gasteiger partial charge in [-0.05, 0) is 55.5 Å². The predicted octanol–water partition coefficient (Wildman–Crippen LogP) is 4.49. The van der Waals surface area contributed by atoms with E-state index in [-0.39, 0.29) is 12.0 Å². The summed E-state index contributed by atoms with van der Waals surface area (Å²) in [5.41, 5.74) is 0. The molecule has 0 saturated carbocycles. The first kappa shape index (κ1) is 18.4. The zero-order valence-electron chi connectivity index (χ0n) is 14.2. The lowest BCUT2D eigenvalue weighted by Gasteiger charge is -2.28. The summed E-state index contributed by atoms with van der Waals surface area (Å²) in [6.07, 6.45) is 1.67. The summed E-state index contributed by atoms with van der Waals surface area (Å²) in [5.74, 6) is 0.684. The van der Waals surface area contributed by atoms with Gasteiger partial charge in [-0.15, -0.1) is 11.3 Å². The maximum absolute atomic E-state index is 13.0. The summed E-state index contributed by atoms with van der Waals surface area (Å²) >= 11 is 5.07. The summed E-state index contributed by atoms with van der Waals surface area (Å²) in [4.78, 5) is 16.0. The molecule has 1 saturated heterocycles. The van der Waals surface area contributed by atoms with Crippen LogP contribution in [0.2, 0.25) is 0 Å². The zero-order valence-corrected chi connectivity index (χ0v) is 16.6. The van der Waals surface area contributed by atoms with Gasteiger partial charge in [-0.2, -0.15) is 0 Å². The van der Waals surface area contributed by atoms with Gasteiger partial charge in [0.15, 0.2) is 6.10 Å². The van der Waals surface area contributed by atoms with Gasteiger partial charge < -0.3 is 14.4 Å². The lowest BCUT2D eigenvalue weighted by Crippen LogP contribution is -2.43. The first-order chi connectivity index (χ1) is 12.1. The summed E-state index contributed by atoms with van der Waals surface area (Å²) < 4.78 is 12.6. The van der Waals surface area contributed by atoms with E-state index in [1.165, 1.54) is 4.88 Å². The average molecular weight is 424 g/mol. The number of hydrogen-bond donors (Lipinski definition) is 0. The van der Waals surface area contributed by atoms with E-state index in [0.29, 0.717) is 18.8 Å². The molecule has 4 nitrogen and oxygen atoms in total. The van der Waals surface area contributed by atoms with Gasteiger partial charge in [0.2, 0.25) is 0 Å². The maximum atomic E-state index is 13.0. The van der Waals surface area contributed by atoms with Gasteiger partial charge in [-0.1, -0.05) is 22.0 Å². The molecule has 134 valence electrons. The van der Waals surface area contributed by atoms with Gasteiger partial charge in [-0.25, -0.2) is 0 Å². The summed E-state index contributed by atoms with van der Waals surface area (Å²) in [6.45, 7) is 3.81. The second-order valence-corrected chi connectivity index (χ2v) is 8.10. The van der Waals surface area contributed by atoms with Crippen molar-refractivity contribution in [1.29, 1.82) is 0 Å². The first-order valence-electron chi connectivity index (χ1n) is 8.47. The smallest absolute Gasteiger partial charge is 0.263 e. The molecule has 0 N–H and O–H groups in total. The van der Waals surface area contributed by atoms with Crippen LogP contribution in [-0.4, -0.2) is 36.2 Å². The number of carbonyl (C=O) groups is 1. The highest BCUT2D eigenvalue weighted by molar-refractivity contribution is 9.10. The average Bonchev–Trinajstić information content (AvgIpc) is 3.29. The van der Waals surface area contributed by atoms with E-state index in [9.17, 15) is 4.79 Å². The van der Waals surface area contributed by atoms with Crippen LogP contribution in [0.3, 0.4) is 0 Å². The third kappa shape index (κ3) is 5.30. The molecule has 2 heterocycles. The standard InChI is InChI=1S/C19H22BrNO3S/c1-14(24-16-8-6-15(20)7-9-16)19(22)21(12-17-4-2-10-23-17)13-18-5-3-11-25-18/h3,5-9,11,14,17H,2,4,10,12-13H2,1H3. The molecule has 1 amide bonds. The molecule has 2 aromatic rings. The normalized spacial score (nSPS) is 18.1. The van der Waals surface area contributed by atoms with E-state index in [1.807, 2.05) is 40.6 Å². The van der Waals surface area contributed by atoms with Crippen LogP contribution in [0.5, 0.6) is 5.75 Å². The highest BCUT2D eigenvalue weighted by atomic mass is 79.9. The molecular weight excluding hydrogens is 402 g/mol. The fourth-order valence-electron chi connectivity index (χ4n) is 2.88. The Balaban J connectivity index is 1.66. The molecule has 0 radical (unpaired) electrons. The van der Waals surface area contributed by atoms with Gasteiger partial charge in [0, 0.05) is 22.5 Å². The zero-order chi connectivity index (χ0) is 17.6. The number of benzene rings is 1. The Morgan fingerprint density at radius 1 is 1.40 bits per heavy atom. The number of halogens is 1. The van der Waals surface area contributed by atoms with Crippen molar-refractivity contribution in [2.45, 2.75) is 38.5 Å². The number of hydrogen-bond acceptors (Lipinski definition) is 4. The quantitative estimate of drug-likeness (QED) is 0.658. The second kappa shape index (κ2) is 8.83. The fourth-order valence-corrected chi connectivity index (χ4v) is 3.87. The van der Waals surface area contributed by atoms with Crippen LogP contribution >= 0.6 is 27.3 Å². The van der Waals surface area contributed by atoms with E-state index in [2.05, 4.69) is 22.0 Å². The Bertz CT molecular complexity index is 668. The minimum atomic E-state index is -0.539. The molecule has 0 bridgehead atoms. The van der Waals surface area contributed by atoms with Crippen molar-refractivity contribution in [2.24, 2.45) is 0 Å². The summed E-state index contributed by atoms with van der Waals surface area (Å²) in [5, 5.41) is 2.03. The molecule has 2 unspecified atom stereocenters. The third-order valence-electron chi connectivity index (χ3n) is 4.16. The molecule has 1 aliphatic heterocycles. The Hall–Kier alpha value is -1.37. The fraction of sp³-hybridized carbons (Fsp3) is 0.421. The molecular formula is C19H22BrNO3S. The van der Waals surface area contributed by atoms with Crippen molar-refractivity contribution in [1.82, 2.24) is 4.90 Å². The van der Waals surface area contributed by atoms with Crippen LogP contribution in [0, 0.1) is 0 Å². The summed E-state index contributed by atoms with van der Waals surface area (Å²) in [6, 6.07) is 11.6. The van der Waals surface area contributed by atoms with Gasteiger partial charge in [-0.3, -0.25) is 4.79 Å². The lowest BCUT2D eigenvalue weighted by atomic mass is 10.2. The van der Waals surface area contributed by atoms with Crippen LogP contribution in [0.4, 0.5) is 0 Å². The number of ether oxygens (including phenoxy) is 2. The molecule has 1 aromatic heterocycles. The van der Waals surface area contributed by atoms with Gasteiger partial charge in [0.25, 0.3) is 5.91 Å². The molecule has 25 heavy (non-hydrogen) atoms. The van der Waals surface area contributed by atoms with Crippen LogP contribution in [-0.2, 0) is 16.1 Å². The molecule has 3 rings (SSSR count). The molecule has 0 aliphatic carbocycles. The van der Waals surface area contributed by atoms with E-state index >= 15 is 0 Å². The highest BCUT2D eigenvalue weighted by Gasteiger charge is 2.27. The first-order valence-corrected chi connectivity index (χ1v) is 10.1. The largest absolute Gasteiger partial charge is 0.481 e. The molecule has 2 atom stereocenters. The van der Waals surface area contributed by atoms with Crippen molar-refractivity contribution in [3.63, 3.8) is 0 Å². The van der Waals surface area contributed by atoms with E-state index < -0.39 is 6.10 Å². The SMILES string of the molecule is CC(Oc1ccc(Br)cc1)C(=O)N(Cc1cccs1)CC1CCCO1. The van der Waals surface area contributed by atoms with Crippen molar-refractivity contribution in [2.75, 3.05) is 13.2 Å². The van der Waals surface area contributed by atoms with Crippen molar-refractivity contribution < 1.29 is 14.3 Å². The Morgan fingerprint density at radius 3 is 2.84 bits per heavy atom. The molecule has 0 spiro atoms. The molecule has 1 aliphatic rings. The van der Waals surface area contributed by atoms with Crippen molar-refractivity contribution in [3.8, 4) is 5.75 Å². The van der Waals surface area contributed by atoms with Gasteiger partial charge >= 0.3 is 0 Å². The highest BCUT2D eigenvalue weighted by Crippen LogP contribution is 2.21. The van der Waals surface area contributed by atoms with Crippen LogP contribution in [0.1, 0.15) is 24.6 Å². The van der Waals surface area contributed by atoms with Crippen LogP contribution in [0.25, 0.3) is 0 Å². The lowest BCUT2D eigenvalue weighted by molar-refractivity contribution is -0.140. The van der Waals surface area contributed by atoms with Gasteiger partial charge in [0.05, 0.1) is 12.6 Å². The number of thiophene rings is 1. The Labute approximate surface area is 160 Å². The molecule has 1 fully saturated rings. The van der Waals surface area contributed by atoms with E-state index in [1.54, 1.807) is 18.3 Å². The van der Waals surface area contributed by atoms with Crippen molar-refractivity contribution in [3.05, 3.63) is 51.1 Å². The topological polar surface area (TPSA) is 38.8 Å². The van der Waals surface area contributed by atoms with Gasteiger partial charge in [0.1, 0.15) is 5.75 Å². The third-order valence-corrected chi connectivity index (χ3v) is 5.55. The Kier molecular flexibility index (Phi) is 6.51. The van der Waals surface area contributed by atoms with E-state index in [4.69, 9.17) is 9.47 Å². The van der Waals surface area contributed by atoms with Crippen LogP contribution in [0.15, 0.2) is 46.3 Å². The van der Waals surface area contributed by atoms with E-state index in [0.717, 1.165) is 23.9 Å². The number of amides is 1. The number of carbonyl (C=O) groups excluding carboxylic acids is 1. The minimum Gasteiger partial charge on any atom is -0.481 e. The minimum absolute atomic E-state index is 0.00758. The molecule has 6 heteroatoms. The van der Waals surface area contributed by atoms with Crippen molar-refractivity contribution >= 4 is 33.2 Å². The predicted molar refractivity (Wildman–Crippen MR) is 103 cm³/mol. The van der Waals surface area contributed by atoms with Crippen LogP contribution < -0.4 is 4.74 Å². The number of rotatable bonds is 7. The Morgan fingerprint density at radius 2 is 2.20 bits per heavy atom. The molecule has 1 aromatic carbocycles. The number of nitrogens with zero attached hydrogens (tertiary/aromatic N) is 1. The summed E-state index contributed by atoms with van der Waals surface area (Å²) in [7, 11) is 0.